The summed E-state index contributed by atoms with van der Waals surface area (Å²) in [5.74, 6) is 0. The molecule has 2 atom stereocenters. The van der Waals surface area contributed by atoms with Crippen molar-refractivity contribution in [2.75, 3.05) is 7.11 Å². The number of aliphatic hydroxyl groups excluding tert-OH is 1. The third-order valence-electron chi connectivity index (χ3n) is 1.96. The Morgan fingerprint density at radius 2 is 2.00 bits per heavy atom. The minimum Gasteiger partial charge on any atom is -0.385 e. The molecule has 1 aromatic carbocycles. The molecule has 0 spiro atoms. The maximum absolute atomic E-state index is 9.78. The van der Waals surface area contributed by atoms with Gasteiger partial charge in [0.15, 0.2) is 0 Å². The summed E-state index contributed by atoms with van der Waals surface area (Å²) in [5, 5.41) is 9.78. The fourth-order valence-corrected chi connectivity index (χ4v) is 1.19. The van der Waals surface area contributed by atoms with Crippen LogP contribution in [0.15, 0.2) is 43.0 Å². The molecule has 0 heterocycles. The number of methoxy groups -OCH3 is 1. The molecule has 13 heavy (non-hydrogen) atoms. The lowest BCUT2D eigenvalue weighted by Gasteiger charge is -2.18. The van der Waals surface area contributed by atoms with Gasteiger partial charge in [0, 0.05) is 7.11 Å². The van der Waals surface area contributed by atoms with Crippen LogP contribution >= 0.6 is 0 Å². The molecule has 0 aromatic heterocycles. The van der Waals surface area contributed by atoms with Crippen molar-refractivity contribution < 1.29 is 9.84 Å². The van der Waals surface area contributed by atoms with Crippen LogP contribution in [0.4, 0.5) is 0 Å². The van der Waals surface area contributed by atoms with E-state index in [1.807, 2.05) is 30.3 Å². The maximum Gasteiger partial charge on any atom is 0.109 e. The lowest BCUT2D eigenvalue weighted by molar-refractivity contribution is 0.0163. The highest BCUT2D eigenvalue weighted by Gasteiger charge is 2.16. The van der Waals surface area contributed by atoms with Crippen molar-refractivity contribution in [2.24, 2.45) is 0 Å². The standard InChI is InChI=1S/C11H14O2/c1-3-10(13-2)11(12)9-7-5-4-6-8-9/h3-8,10-12H,1H2,2H3/t10-,11+/m0/s1. The van der Waals surface area contributed by atoms with Crippen molar-refractivity contribution in [1.29, 1.82) is 0 Å². The second kappa shape index (κ2) is 4.80. The van der Waals surface area contributed by atoms with Crippen LogP contribution in [0.3, 0.4) is 0 Å². The van der Waals surface area contributed by atoms with Gasteiger partial charge in [-0.25, -0.2) is 0 Å². The first kappa shape index (κ1) is 9.96. The molecule has 0 unspecified atom stereocenters. The minimum absolute atomic E-state index is 0.345. The summed E-state index contributed by atoms with van der Waals surface area (Å²) < 4.78 is 5.05. The van der Waals surface area contributed by atoms with Crippen molar-refractivity contribution in [3.8, 4) is 0 Å². The third-order valence-corrected chi connectivity index (χ3v) is 1.96. The molecule has 0 aliphatic rings. The summed E-state index contributed by atoms with van der Waals surface area (Å²) in [6.45, 7) is 3.59. The first-order valence-corrected chi connectivity index (χ1v) is 4.18. The zero-order valence-electron chi connectivity index (χ0n) is 7.68. The molecule has 0 saturated heterocycles. The van der Waals surface area contributed by atoms with E-state index in [4.69, 9.17) is 4.74 Å². The fourth-order valence-electron chi connectivity index (χ4n) is 1.19. The Kier molecular flexibility index (Phi) is 3.68. The molecule has 0 aliphatic carbocycles. The highest BCUT2D eigenvalue weighted by molar-refractivity contribution is 5.19. The number of hydrogen-bond donors (Lipinski definition) is 1. The third kappa shape index (κ3) is 2.41. The summed E-state index contributed by atoms with van der Waals surface area (Å²) in [4.78, 5) is 0. The fraction of sp³-hybridized carbons (Fsp3) is 0.273. The Bertz CT molecular complexity index is 256. The van der Waals surface area contributed by atoms with Gasteiger partial charge in [-0.15, -0.1) is 6.58 Å². The lowest BCUT2D eigenvalue weighted by Crippen LogP contribution is -2.17. The van der Waals surface area contributed by atoms with Crippen molar-refractivity contribution in [2.45, 2.75) is 12.2 Å². The summed E-state index contributed by atoms with van der Waals surface area (Å²) >= 11 is 0. The van der Waals surface area contributed by atoms with Gasteiger partial charge in [-0.2, -0.15) is 0 Å². The smallest absolute Gasteiger partial charge is 0.109 e. The van der Waals surface area contributed by atoms with E-state index in [0.29, 0.717) is 0 Å². The van der Waals surface area contributed by atoms with Crippen LogP contribution < -0.4 is 0 Å². The van der Waals surface area contributed by atoms with E-state index < -0.39 is 6.10 Å². The van der Waals surface area contributed by atoms with Gasteiger partial charge in [0.25, 0.3) is 0 Å². The number of hydrogen-bond acceptors (Lipinski definition) is 2. The Balaban J connectivity index is 2.77. The second-order valence-electron chi connectivity index (χ2n) is 2.79. The van der Waals surface area contributed by atoms with Gasteiger partial charge in [-0.1, -0.05) is 36.4 Å². The van der Waals surface area contributed by atoms with Gasteiger partial charge in [0.2, 0.25) is 0 Å². The topological polar surface area (TPSA) is 29.5 Å². The molecule has 0 bridgehead atoms. The largest absolute Gasteiger partial charge is 0.385 e. The average molecular weight is 178 g/mol. The zero-order valence-corrected chi connectivity index (χ0v) is 7.68. The zero-order chi connectivity index (χ0) is 9.68. The van der Waals surface area contributed by atoms with E-state index in [-0.39, 0.29) is 6.10 Å². The van der Waals surface area contributed by atoms with E-state index in [1.54, 1.807) is 13.2 Å². The van der Waals surface area contributed by atoms with Crippen LogP contribution in [0.5, 0.6) is 0 Å². The van der Waals surface area contributed by atoms with E-state index in [2.05, 4.69) is 6.58 Å². The van der Waals surface area contributed by atoms with E-state index in [1.165, 1.54) is 0 Å². The highest BCUT2D eigenvalue weighted by atomic mass is 16.5. The van der Waals surface area contributed by atoms with Gasteiger partial charge in [0.1, 0.15) is 12.2 Å². The summed E-state index contributed by atoms with van der Waals surface area (Å²) in [6, 6.07) is 9.40. The van der Waals surface area contributed by atoms with Gasteiger partial charge in [-0.3, -0.25) is 0 Å². The van der Waals surface area contributed by atoms with E-state index >= 15 is 0 Å². The monoisotopic (exact) mass is 178 g/mol. The Hall–Kier alpha value is -1.12. The SMILES string of the molecule is C=C[C@H](OC)[C@H](O)c1ccccc1. The van der Waals surface area contributed by atoms with Gasteiger partial charge in [0.05, 0.1) is 0 Å². The van der Waals surface area contributed by atoms with Crippen LogP contribution in [-0.4, -0.2) is 18.3 Å². The summed E-state index contributed by atoms with van der Waals surface area (Å²) in [5.41, 5.74) is 0.842. The van der Waals surface area contributed by atoms with E-state index in [0.717, 1.165) is 5.56 Å². The Morgan fingerprint density at radius 3 is 2.46 bits per heavy atom. The van der Waals surface area contributed by atoms with Gasteiger partial charge < -0.3 is 9.84 Å². The predicted molar refractivity (Wildman–Crippen MR) is 52.4 cm³/mol. The Morgan fingerprint density at radius 1 is 1.38 bits per heavy atom. The van der Waals surface area contributed by atoms with Gasteiger partial charge in [-0.05, 0) is 5.56 Å². The lowest BCUT2D eigenvalue weighted by atomic mass is 10.0. The molecular weight excluding hydrogens is 164 g/mol. The number of benzene rings is 1. The average Bonchev–Trinajstić information content (AvgIpc) is 2.21. The van der Waals surface area contributed by atoms with Crippen LogP contribution in [0.2, 0.25) is 0 Å². The van der Waals surface area contributed by atoms with Crippen LogP contribution in [0.25, 0.3) is 0 Å². The van der Waals surface area contributed by atoms with Crippen LogP contribution in [0, 0.1) is 0 Å². The maximum atomic E-state index is 9.78. The normalized spacial score (nSPS) is 14.9. The van der Waals surface area contributed by atoms with Gasteiger partial charge >= 0.3 is 0 Å². The summed E-state index contributed by atoms with van der Waals surface area (Å²) in [7, 11) is 1.55. The highest BCUT2D eigenvalue weighted by Crippen LogP contribution is 2.18. The van der Waals surface area contributed by atoms with Crippen molar-refractivity contribution in [3.05, 3.63) is 48.6 Å². The molecule has 1 N–H and O–H groups in total. The van der Waals surface area contributed by atoms with Crippen molar-refractivity contribution >= 4 is 0 Å². The molecule has 2 heteroatoms. The first-order chi connectivity index (χ1) is 6.29. The van der Waals surface area contributed by atoms with Crippen molar-refractivity contribution in [1.82, 2.24) is 0 Å². The second-order valence-corrected chi connectivity index (χ2v) is 2.79. The molecule has 0 radical (unpaired) electrons. The molecule has 1 aromatic rings. The van der Waals surface area contributed by atoms with Crippen LogP contribution in [0.1, 0.15) is 11.7 Å². The van der Waals surface area contributed by atoms with Crippen molar-refractivity contribution in [3.63, 3.8) is 0 Å². The predicted octanol–water partition coefficient (Wildman–Crippen LogP) is 1.92. The minimum atomic E-state index is -0.635. The quantitative estimate of drug-likeness (QED) is 0.714. The van der Waals surface area contributed by atoms with E-state index in [9.17, 15) is 5.11 Å². The summed E-state index contributed by atoms with van der Waals surface area (Å²) in [6.07, 6.45) is 0.614. The molecule has 0 saturated carbocycles. The molecule has 0 aliphatic heterocycles. The molecule has 2 nitrogen and oxygen atoms in total. The molecule has 0 amide bonds. The van der Waals surface area contributed by atoms with Crippen LogP contribution in [-0.2, 0) is 4.74 Å². The molecule has 0 fully saturated rings. The number of aliphatic hydroxyl groups is 1. The molecule has 1 rings (SSSR count). The number of ether oxygens (including phenoxy) is 1. The Labute approximate surface area is 78.5 Å². The number of rotatable bonds is 4. The molecular formula is C11H14O2. The molecule has 70 valence electrons. The first-order valence-electron chi connectivity index (χ1n) is 4.18.